The Morgan fingerprint density at radius 2 is 1.78 bits per heavy atom. The van der Waals surface area contributed by atoms with Crippen LogP contribution >= 0.6 is 0 Å². The van der Waals surface area contributed by atoms with Crippen molar-refractivity contribution in [3.05, 3.63) is 60.2 Å². The predicted molar refractivity (Wildman–Crippen MR) is 104 cm³/mol. The van der Waals surface area contributed by atoms with Crippen LogP contribution in [-0.2, 0) is 14.4 Å². The van der Waals surface area contributed by atoms with Gasteiger partial charge in [0.25, 0.3) is 0 Å². The number of benzene rings is 2. The van der Waals surface area contributed by atoms with E-state index in [1.54, 1.807) is 11.0 Å². The first-order valence-electron chi connectivity index (χ1n) is 9.06. The van der Waals surface area contributed by atoms with Gasteiger partial charge in [0.05, 0.1) is 23.8 Å². The van der Waals surface area contributed by atoms with Gasteiger partial charge < -0.3 is 15.5 Å². The lowest BCUT2D eigenvalue weighted by atomic mass is 10.0. The zero-order chi connectivity index (χ0) is 19.2. The average molecular weight is 365 g/mol. The summed E-state index contributed by atoms with van der Waals surface area (Å²) in [4.78, 5) is 38.0. The fraction of sp³-hybridized carbons (Fsp3) is 0.286. The number of para-hydroxylation sites is 2. The molecule has 6 nitrogen and oxygen atoms in total. The normalized spacial score (nSPS) is 14.7. The molecule has 1 aliphatic heterocycles. The van der Waals surface area contributed by atoms with E-state index < -0.39 is 6.04 Å². The van der Waals surface area contributed by atoms with E-state index in [4.69, 9.17) is 0 Å². The van der Waals surface area contributed by atoms with E-state index in [2.05, 4.69) is 10.6 Å². The molecule has 3 amide bonds. The summed E-state index contributed by atoms with van der Waals surface area (Å²) < 4.78 is 0. The Morgan fingerprint density at radius 3 is 2.44 bits per heavy atom. The van der Waals surface area contributed by atoms with Crippen molar-refractivity contribution in [1.29, 1.82) is 0 Å². The van der Waals surface area contributed by atoms with Crippen molar-refractivity contribution in [1.82, 2.24) is 5.32 Å². The predicted octanol–water partition coefficient (Wildman–Crippen LogP) is 3.02. The summed E-state index contributed by atoms with van der Waals surface area (Å²) in [6.45, 7) is 2.09. The van der Waals surface area contributed by atoms with Gasteiger partial charge in [-0.1, -0.05) is 42.5 Å². The highest BCUT2D eigenvalue weighted by atomic mass is 16.2. The highest BCUT2D eigenvalue weighted by Gasteiger charge is 2.24. The lowest BCUT2D eigenvalue weighted by Gasteiger charge is -2.21. The fourth-order valence-electron chi connectivity index (χ4n) is 3.29. The average Bonchev–Trinajstić information content (AvgIpc) is 3.08. The Labute approximate surface area is 158 Å². The standard InChI is InChI=1S/C21H23N3O3/c1-15(25)22-18(16-8-3-2-4-9-16)14-20(26)23-17-10-5-6-11-19(17)24-13-7-12-21(24)27/h2-6,8-11,18H,7,12-14H2,1H3,(H,22,25)(H,23,26)/t18-/m0/s1. The van der Waals surface area contributed by atoms with Crippen LogP contribution in [0.1, 0.15) is 37.8 Å². The molecule has 0 aromatic heterocycles. The van der Waals surface area contributed by atoms with Crippen LogP contribution in [0.3, 0.4) is 0 Å². The number of carbonyl (C=O) groups is 3. The first-order valence-corrected chi connectivity index (χ1v) is 9.06. The van der Waals surface area contributed by atoms with Crippen LogP contribution in [-0.4, -0.2) is 24.3 Å². The first-order chi connectivity index (χ1) is 13.0. The smallest absolute Gasteiger partial charge is 0.227 e. The van der Waals surface area contributed by atoms with Gasteiger partial charge in [0, 0.05) is 19.9 Å². The number of rotatable bonds is 6. The van der Waals surface area contributed by atoms with Crippen LogP contribution in [0, 0.1) is 0 Å². The molecule has 2 aromatic carbocycles. The van der Waals surface area contributed by atoms with E-state index >= 15 is 0 Å². The molecule has 2 aromatic rings. The summed E-state index contributed by atoms with van der Waals surface area (Å²) in [6, 6.07) is 16.3. The molecule has 0 aliphatic carbocycles. The van der Waals surface area contributed by atoms with Gasteiger partial charge in [-0.15, -0.1) is 0 Å². The van der Waals surface area contributed by atoms with Gasteiger partial charge in [0.15, 0.2) is 0 Å². The molecule has 0 saturated carbocycles. The molecular formula is C21H23N3O3. The molecule has 3 rings (SSSR count). The molecule has 2 N–H and O–H groups in total. The van der Waals surface area contributed by atoms with Gasteiger partial charge in [-0.3, -0.25) is 14.4 Å². The van der Waals surface area contributed by atoms with E-state index in [1.165, 1.54) is 6.92 Å². The van der Waals surface area contributed by atoms with Gasteiger partial charge in [-0.2, -0.15) is 0 Å². The second-order valence-electron chi connectivity index (χ2n) is 6.58. The highest BCUT2D eigenvalue weighted by Crippen LogP contribution is 2.30. The second kappa shape index (κ2) is 8.49. The summed E-state index contributed by atoms with van der Waals surface area (Å²) >= 11 is 0. The van der Waals surface area contributed by atoms with Crippen LogP contribution in [0.25, 0.3) is 0 Å². The maximum absolute atomic E-state index is 12.7. The van der Waals surface area contributed by atoms with Crippen molar-refractivity contribution in [2.24, 2.45) is 0 Å². The molecule has 1 saturated heterocycles. The molecule has 140 valence electrons. The molecule has 1 fully saturated rings. The summed E-state index contributed by atoms with van der Waals surface area (Å²) in [6.07, 6.45) is 1.45. The number of amides is 3. The number of nitrogens with zero attached hydrogens (tertiary/aromatic N) is 1. The zero-order valence-corrected chi connectivity index (χ0v) is 15.3. The number of carbonyl (C=O) groups excluding carboxylic acids is 3. The molecule has 0 radical (unpaired) electrons. The molecule has 6 heteroatoms. The Balaban J connectivity index is 1.75. The van der Waals surface area contributed by atoms with E-state index in [0.717, 1.165) is 12.0 Å². The second-order valence-corrected chi connectivity index (χ2v) is 6.58. The van der Waals surface area contributed by atoms with Crippen molar-refractivity contribution in [3.8, 4) is 0 Å². The van der Waals surface area contributed by atoms with E-state index in [0.29, 0.717) is 24.3 Å². The maximum atomic E-state index is 12.7. The molecular weight excluding hydrogens is 342 g/mol. The van der Waals surface area contributed by atoms with E-state index in [9.17, 15) is 14.4 Å². The minimum atomic E-state index is -0.413. The Hall–Kier alpha value is -3.15. The Bertz CT molecular complexity index is 836. The lowest BCUT2D eigenvalue weighted by molar-refractivity contribution is -0.121. The van der Waals surface area contributed by atoms with Gasteiger partial charge in [-0.05, 0) is 24.1 Å². The fourth-order valence-corrected chi connectivity index (χ4v) is 3.29. The molecule has 1 heterocycles. The summed E-state index contributed by atoms with van der Waals surface area (Å²) in [5.41, 5.74) is 2.18. The Kier molecular flexibility index (Phi) is 5.86. The Morgan fingerprint density at radius 1 is 1.07 bits per heavy atom. The minimum absolute atomic E-state index is 0.0668. The highest BCUT2D eigenvalue weighted by molar-refractivity contribution is 6.02. The number of nitrogens with one attached hydrogen (secondary N) is 2. The molecule has 0 bridgehead atoms. The van der Waals surface area contributed by atoms with Crippen molar-refractivity contribution in [2.45, 2.75) is 32.2 Å². The molecule has 0 unspecified atom stereocenters. The number of hydrogen-bond acceptors (Lipinski definition) is 3. The summed E-state index contributed by atoms with van der Waals surface area (Å²) in [7, 11) is 0. The summed E-state index contributed by atoms with van der Waals surface area (Å²) in [5.74, 6) is -0.353. The van der Waals surface area contributed by atoms with Crippen LogP contribution in [0.5, 0.6) is 0 Å². The summed E-state index contributed by atoms with van der Waals surface area (Å²) in [5, 5.41) is 5.72. The van der Waals surface area contributed by atoms with Crippen molar-refractivity contribution in [2.75, 3.05) is 16.8 Å². The first kappa shape index (κ1) is 18.6. The molecule has 1 aliphatic rings. The van der Waals surface area contributed by atoms with Crippen LogP contribution in [0.15, 0.2) is 54.6 Å². The van der Waals surface area contributed by atoms with Crippen molar-refractivity contribution >= 4 is 29.1 Å². The van der Waals surface area contributed by atoms with Gasteiger partial charge in [0.1, 0.15) is 0 Å². The largest absolute Gasteiger partial charge is 0.349 e. The third kappa shape index (κ3) is 4.73. The zero-order valence-electron chi connectivity index (χ0n) is 15.3. The third-order valence-electron chi connectivity index (χ3n) is 4.51. The van der Waals surface area contributed by atoms with Crippen molar-refractivity contribution < 1.29 is 14.4 Å². The number of hydrogen-bond donors (Lipinski definition) is 2. The van der Waals surface area contributed by atoms with E-state index in [1.807, 2.05) is 48.5 Å². The quantitative estimate of drug-likeness (QED) is 0.826. The van der Waals surface area contributed by atoms with Gasteiger partial charge in [0.2, 0.25) is 17.7 Å². The number of anilines is 2. The monoisotopic (exact) mass is 365 g/mol. The molecule has 27 heavy (non-hydrogen) atoms. The van der Waals surface area contributed by atoms with Crippen molar-refractivity contribution in [3.63, 3.8) is 0 Å². The SMILES string of the molecule is CC(=O)N[C@@H](CC(=O)Nc1ccccc1N1CCCC1=O)c1ccccc1. The van der Waals surface area contributed by atoms with Crippen LogP contribution in [0.2, 0.25) is 0 Å². The third-order valence-corrected chi connectivity index (χ3v) is 4.51. The lowest BCUT2D eigenvalue weighted by Crippen LogP contribution is -2.30. The molecule has 0 spiro atoms. The molecule has 1 atom stereocenters. The van der Waals surface area contributed by atoms with Crippen LogP contribution in [0.4, 0.5) is 11.4 Å². The maximum Gasteiger partial charge on any atom is 0.227 e. The van der Waals surface area contributed by atoms with Gasteiger partial charge in [-0.25, -0.2) is 0 Å². The topological polar surface area (TPSA) is 78.5 Å². The minimum Gasteiger partial charge on any atom is -0.349 e. The van der Waals surface area contributed by atoms with Gasteiger partial charge >= 0.3 is 0 Å². The van der Waals surface area contributed by atoms with E-state index in [-0.39, 0.29) is 24.1 Å². The van der Waals surface area contributed by atoms with Crippen LogP contribution < -0.4 is 15.5 Å².